The molecule has 1 aromatic heterocycles. The van der Waals surface area contributed by atoms with Gasteiger partial charge in [-0.1, -0.05) is 11.6 Å². The number of nitrogens with one attached hydrogen (secondary N) is 1. The smallest absolute Gasteiger partial charge is 0.249 e. The van der Waals surface area contributed by atoms with Crippen molar-refractivity contribution in [3.8, 4) is 0 Å². The lowest BCUT2D eigenvalue weighted by molar-refractivity contribution is -0.123. The van der Waals surface area contributed by atoms with E-state index in [1.807, 2.05) is 0 Å². The van der Waals surface area contributed by atoms with Gasteiger partial charge in [-0.3, -0.25) is 14.6 Å². The van der Waals surface area contributed by atoms with E-state index in [0.717, 1.165) is 11.3 Å². The van der Waals surface area contributed by atoms with Gasteiger partial charge in [-0.05, 0) is 54.5 Å². The molecule has 0 saturated carbocycles. The molecule has 24 heavy (non-hydrogen) atoms. The molecule has 0 spiro atoms. The van der Waals surface area contributed by atoms with E-state index in [2.05, 4.69) is 10.3 Å². The molecule has 1 aromatic carbocycles. The Balaban J connectivity index is 1.60. The Morgan fingerprint density at radius 1 is 1.21 bits per heavy atom. The van der Waals surface area contributed by atoms with Gasteiger partial charge in [-0.25, -0.2) is 0 Å². The summed E-state index contributed by atoms with van der Waals surface area (Å²) in [5.41, 5.74) is 1.66. The lowest BCUT2D eigenvalue weighted by atomic mass is 10.2. The maximum absolute atomic E-state index is 12.4. The first-order chi connectivity index (χ1) is 11.6. The van der Waals surface area contributed by atoms with E-state index >= 15 is 0 Å². The minimum atomic E-state index is -0.504. The summed E-state index contributed by atoms with van der Waals surface area (Å²) in [5, 5.41) is 3.37. The summed E-state index contributed by atoms with van der Waals surface area (Å²) >= 11 is 5.87. The van der Waals surface area contributed by atoms with Crippen molar-refractivity contribution < 1.29 is 9.59 Å². The third-order valence-corrected chi connectivity index (χ3v) is 4.05. The Morgan fingerprint density at radius 2 is 1.92 bits per heavy atom. The molecule has 1 saturated heterocycles. The molecule has 1 fully saturated rings. The number of nitrogens with zero attached hydrogens (tertiary/aromatic N) is 2. The van der Waals surface area contributed by atoms with E-state index in [1.54, 1.807) is 59.8 Å². The second kappa shape index (κ2) is 7.27. The molecular weight excluding hydrogens is 326 g/mol. The van der Waals surface area contributed by atoms with E-state index < -0.39 is 6.04 Å². The molecule has 6 heteroatoms. The van der Waals surface area contributed by atoms with E-state index in [1.165, 1.54) is 6.08 Å². The Bertz CT molecular complexity index is 760. The van der Waals surface area contributed by atoms with Crippen LogP contribution in [0.25, 0.3) is 6.08 Å². The van der Waals surface area contributed by atoms with Gasteiger partial charge in [-0.2, -0.15) is 0 Å². The van der Waals surface area contributed by atoms with E-state index in [4.69, 9.17) is 11.6 Å². The Hall–Kier alpha value is -2.66. The van der Waals surface area contributed by atoms with Gasteiger partial charge in [0, 0.05) is 35.7 Å². The van der Waals surface area contributed by atoms with E-state index in [-0.39, 0.29) is 11.8 Å². The van der Waals surface area contributed by atoms with Crippen molar-refractivity contribution in [2.45, 2.75) is 12.5 Å². The van der Waals surface area contributed by atoms with Crippen molar-refractivity contribution in [1.82, 2.24) is 10.3 Å². The van der Waals surface area contributed by atoms with E-state index in [0.29, 0.717) is 18.0 Å². The van der Waals surface area contributed by atoms with Gasteiger partial charge in [0.05, 0.1) is 0 Å². The molecule has 0 aliphatic carbocycles. The topological polar surface area (TPSA) is 62.3 Å². The fraction of sp³-hybridized carbons (Fsp3) is 0.167. The van der Waals surface area contributed by atoms with Crippen LogP contribution in [0.5, 0.6) is 0 Å². The van der Waals surface area contributed by atoms with Gasteiger partial charge in [0.25, 0.3) is 0 Å². The molecule has 2 aromatic rings. The minimum absolute atomic E-state index is 0.108. The molecule has 1 N–H and O–H groups in total. The van der Waals surface area contributed by atoms with Crippen LogP contribution in [0.2, 0.25) is 5.02 Å². The number of rotatable bonds is 4. The Labute approximate surface area is 145 Å². The number of amides is 2. The molecule has 122 valence electrons. The maximum atomic E-state index is 12.4. The van der Waals surface area contributed by atoms with Crippen molar-refractivity contribution in [1.29, 1.82) is 0 Å². The first-order valence-corrected chi connectivity index (χ1v) is 7.97. The maximum Gasteiger partial charge on any atom is 0.249 e. The number of hydrogen-bond donors (Lipinski definition) is 1. The molecule has 1 aliphatic rings. The lowest BCUT2D eigenvalue weighted by Gasteiger charge is -2.17. The van der Waals surface area contributed by atoms with Crippen LogP contribution in [0.4, 0.5) is 5.69 Å². The molecule has 2 amide bonds. The highest BCUT2D eigenvalue weighted by atomic mass is 35.5. The van der Waals surface area contributed by atoms with Gasteiger partial charge < -0.3 is 10.2 Å². The molecule has 1 aliphatic heterocycles. The lowest BCUT2D eigenvalue weighted by Crippen LogP contribution is -2.40. The van der Waals surface area contributed by atoms with Crippen molar-refractivity contribution >= 4 is 35.2 Å². The zero-order valence-electron chi connectivity index (χ0n) is 12.9. The fourth-order valence-electron chi connectivity index (χ4n) is 2.56. The van der Waals surface area contributed by atoms with Gasteiger partial charge in [0.1, 0.15) is 6.04 Å². The first-order valence-electron chi connectivity index (χ1n) is 7.59. The molecule has 5 nitrogen and oxygen atoms in total. The summed E-state index contributed by atoms with van der Waals surface area (Å²) in [4.78, 5) is 30.0. The fourth-order valence-corrected chi connectivity index (χ4v) is 2.68. The van der Waals surface area contributed by atoms with E-state index in [9.17, 15) is 9.59 Å². The molecule has 3 rings (SSSR count). The quantitative estimate of drug-likeness (QED) is 0.870. The van der Waals surface area contributed by atoms with Crippen LogP contribution >= 0.6 is 11.6 Å². The van der Waals surface area contributed by atoms with Crippen LogP contribution in [0.3, 0.4) is 0 Å². The zero-order valence-corrected chi connectivity index (χ0v) is 13.6. The zero-order chi connectivity index (χ0) is 16.9. The monoisotopic (exact) mass is 341 g/mol. The molecule has 1 atom stereocenters. The summed E-state index contributed by atoms with van der Waals surface area (Å²) in [7, 11) is 0. The highest BCUT2D eigenvalue weighted by molar-refractivity contribution is 6.30. The standard InChI is InChI=1S/C18H16ClN3O2/c19-14-2-4-15(5-3-14)22-12-9-16(18(22)24)21-17(23)6-1-13-7-10-20-11-8-13/h1-8,10-11,16H,9,12H2,(H,21,23)/b6-1+/t16-/m0/s1. The summed E-state index contributed by atoms with van der Waals surface area (Å²) in [6.45, 7) is 0.569. The second-order valence-electron chi connectivity index (χ2n) is 5.43. The predicted molar refractivity (Wildman–Crippen MR) is 93.6 cm³/mol. The van der Waals surface area contributed by atoms with Crippen molar-refractivity contribution in [3.63, 3.8) is 0 Å². The predicted octanol–water partition coefficient (Wildman–Crippen LogP) is 2.67. The molecule has 2 heterocycles. The number of carbonyl (C=O) groups excluding carboxylic acids is 2. The van der Waals surface area contributed by atoms with Crippen molar-refractivity contribution in [3.05, 3.63) is 65.5 Å². The summed E-state index contributed by atoms with van der Waals surface area (Å²) in [6, 6.07) is 10.2. The third-order valence-electron chi connectivity index (χ3n) is 3.79. The SMILES string of the molecule is O=C(/C=C/c1ccncc1)N[C@H]1CCN(c2ccc(Cl)cc2)C1=O. The average Bonchev–Trinajstić information content (AvgIpc) is 2.95. The molecule has 0 radical (unpaired) electrons. The second-order valence-corrected chi connectivity index (χ2v) is 5.87. The highest BCUT2D eigenvalue weighted by Gasteiger charge is 2.33. The molecular formula is C18H16ClN3O2. The Kier molecular flexibility index (Phi) is 4.91. The van der Waals surface area contributed by atoms with Crippen LogP contribution in [0, 0.1) is 0 Å². The first kappa shape index (κ1) is 16.2. The van der Waals surface area contributed by atoms with Crippen LogP contribution in [-0.4, -0.2) is 29.4 Å². The number of aromatic nitrogens is 1. The third kappa shape index (κ3) is 3.81. The van der Waals surface area contributed by atoms with Gasteiger partial charge in [0.2, 0.25) is 11.8 Å². The van der Waals surface area contributed by atoms with Gasteiger partial charge in [0.15, 0.2) is 0 Å². The number of halogens is 1. The van der Waals surface area contributed by atoms with Crippen LogP contribution in [0.1, 0.15) is 12.0 Å². The minimum Gasteiger partial charge on any atom is -0.341 e. The summed E-state index contributed by atoms with van der Waals surface area (Å²) < 4.78 is 0. The molecule has 0 unspecified atom stereocenters. The van der Waals surface area contributed by atoms with Crippen LogP contribution in [0.15, 0.2) is 54.9 Å². The number of hydrogen-bond acceptors (Lipinski definition) is 3. The average molecular weight is 342 g/mol. The largest absolute Gasteiger partial charge is 0.341 e. The van der Waals surface area contributed by atoms with Crippen molar-refractivity contribution in [2.75, 3.05) is 11.4 Å². The number of anilines is 1. The summed E-state index contributed by atoms with van der Waals surface area (Å²) in [6.07, 6.45) is 7.00. The van der Waals surface area contributed by atoms with Gasteiger partial charge >= 0.3 is 0 Å². The highest BCUT2D eigenvalue weighted by Crippen LogP contribution is 2.23. The molecule has 0 bridgehead atoms. The number of pyridine rings is 1. The Morgan fingerprint density at radius 3 is 2.62 bits per heavy atom. The van der Waals surface area contributed by atoms with Crippen molar-refractivity contribution in [2.24, 2.45) is 0 Å². The number of benzene rings is 1. The van der Waals surface area contributed by atoms with Crippen LogP contribution < -0.4 is 10.2 Å². The number of carbonyl (C=O) groups is 2. The summed E-state index contributed by atoms with van der Waals surface area (Å²) in [5.74, 6) is -0.397. The van der Waals surface area contributed by atoms with Crippen LogP contribution in [-0.2, 0) is 9.59 Å². The van der Waals surface area contributed by atoms with Gasteiger partial charge in [-0.15, -0.1) is 0 Å². The normalized spacial score (nSPS) is 17.5.